The zero-order valence-corrected chi connectivity index (χ0v) is 9.89. The van der Waals surface area contributed by atoms with Gasteiger partial charge in [-0.1, -0.05) is 0 Å². The van der Waals surface area contributed by atoms with Crippen LogP contribution in [0, 0.1) is 20.8 Å². The molecule has 5 heteroatoms. The topological polar surface area (TPSA) is 63.1 Å². The van der Waals surface area contributed by atoms with Crippen LogP contribution < -0.4 is 0 Å². The van der Waals surface area contributed by atoms with Crippen LogP contribution in [-0.4, -0.2) is 26.8 Å². The lowest BCUT2D eigenvalue weighted by molar-refractivity contribution is -0.136. The molecule has 0 radical (unpaired) electrons. The Labute approximate surface area is 93.1 Å². The van der Waals surface area contributed by atoms with Crippen LogP contribution in [-0.2, 0) is 4.79 Å². The van der Waals surface area contributed by atoms with Gasteiger partial charge in [0.1, 0.15) is 10.9 Å². The van der Waals surface area contributed by atoms with Gasteiger partial charge in [-0.3, -0.25) is 4.79 Å². The average Bonchev–Trinajstić information content (AvgIpc) is 2.12. The lowest BCUT2D eigenvalue weighted by Crippen LogP contribution is -2.00. The van der Waals surface area contributed by atoms with Crippen molar-refractivity contribution in [1.82, 2.24) is 9.97 Å². The van der Waals surface area contributed by atoms with E-state index < -0.39 is 5.97 Å². The van der Waals surface area contributed by atoms with Gasteiger partial charge in [-0.15, -0.1) is 11.8 Å². The maximum atomic E-state index is 10.4. The maximum absolute atomic E-state index is 10.4. The molecule has 1 heterocycles. The van der Waals surface area contributed by atoms with Crippen LogP contribution in [0.4, 0.5) is 0 Å². The second kappa shape index (κ2) is 5.11. The number of aryl methyl sites for hydroxylation is 2. The quantitative estimate of drug-likeness (QED) is 0.628. The first kappa shape index (κ1) is 12.0. The van der Waals surface area contributed by atoms with Crippen LogP contribution in [0.3, 0.4) is 0 Å². The van der Waals surface area contributed by atoms with Crippen LogP contribution in [0.2, 0.25) is 0 Å². The molecule has 1 aromatic heterocycles. The summed E-state index contributed by atoms with van der Waals surface area (Å²) in [5.74, 6) is 0.505. The van der Waals surface area contributed by atoms with E-state index in [4.69, 9.17) is 5.11 Å². The third kappa shape index (κ3) is 3.51. The number of carbonyl (C=O) groups is 1. The van der Waals surface area contributed by atoms with E-state index in [0.29, 0.717) is 5.75 Å². The van der Waals surface area contributed by atoms with Crippen LogP contribution in [0.15, 0.2) is 5.03 Å². The minimum Gasteiger partial charge on any atom is -0.481 e. The zero-order chi connectivity index (χ0) is 11.4. The summed E-state index contributed by atoms with van der Waals surface area (Å²) >= 11 is 1.47. The van der Waals surface area contributed by atoms with E-state index in [0.717, 1.165) is 22.1 Å². The number of hydrogen-bond acceptors (Lipinski definition) is 4. The average molecular weight is 226 g/mol. The minimum atomic E-state index is -0.775. The van der Waals surface area contributed by atoms with Crippen molar-refractivity contribution < 1.29 is 9.90 Å². The monoisotopic (exact) mass is 226 g/mol. The standard InChI is InChI=1S/C10H14N2O2S/c1-6-7(2)11-8(3)12-10(6)15-5-4-9(13)14/h4-5H2,1-3H3,(H,13,14). The minimum absolute atomic E-state index is 0.159. The summed E-state index contributed by atoms with van der Waals surface area (Å²) in [4.78, 5) is 18.9. The number of carboxylic acids is 1. The molecule has 0 spiro atoms. The van der Waals surface area contributed by atoms with Gasteiger partial charge in [0.05, 0.1) is 6.42 Å². The van der Waals surface area contributed by atoms with E-state index in [-0.39, 0.29) is 6.42 Å². The van der Waals surface area contributed by atoms with Crippen molar-refractivity contribution in [3.63, 3.8) is 0 Å². The maximum Gasteiger partial charge on any atom is 0.304 e. The Morgan fingerprint density at radius 3 is 2.60 bits per heavy atom. The highest BCUT2D eigenvalue weighted by Crippen LogP contribution is 2.22. The van der Waals surface area contributed by atoms with E-state index in [9.17, 15) is 4.79 Å². The molecule has 0 atom stereocenters. The van der Waals surface area contributed by atoms with Gasteiger partial charge < -0.3 is 5.11 Å². The summed E-state index contributed by atoms with van der Waals surface area (Å²) in [7, 11) is 0. The fraction of sp³-hybridized carbons (Fsp3) is 0.500. The molecule has 0 bridgehead atoms. The van der Waals surface area contributed by atoms with Crippen molar-refractivity contribution in [2.45, 2.75) is 32.2 Å². The van der Waals surface area contributed by atoms with Gasteiger partial charge in [0.2, 0.25) is 0 Å². The number of aromatic nitrogens is 2. The molecule has 4 nitrogen and oxygen atoms in total. The third-order valence-corrected chi connectivity index (χ3v) is 3.09. The summed E-state index contributed by atoms with van der Waals surface area (Å²) in [5, 5.41) is 9.41. The molecular formula is C10H14N2O2S. The first-order valence-electron chi connectivity index (χ1n) is 4.67. The van der Waals surface area contributed by atoms with Gasteiger partial charge in [-0.05, 0) is 20.8 Å². The van der Waals surface area contributed by atoms with Crippen molar-refractivity contribution in [1.29, 1.82) is 0 Å². The van der Waals surface area contributed by atoms with Crippen LogP contribution >= 0.6 is 11.8 Å². The van der Waals surface area contributed by atoms with Crippen molar-refractivity contribution in [3.8, 4) is 0 Å². The first-order valence-corrected chi connectivity index (χ1v) is 5.65. The van der Waals surface area contributed by atoms with Gasteiger partial charge >= 0.3 is 5.97 Å². The molecule has 0 unspecified atom stereocenters. The van der Waals surface area contributed by atoms with Crippen molar-refractivity contribution in [2.24, 2.45) is 0 Å². The van der Waals surface area contributed by atoms with E-state index in [2.05, 4.69) is 9.97 Å². The van der Waals surface area contributed by atoms with E-state index in [1.165, 1.54) is 11.8 Å². The molecule has 0 aliphatic rings. The molecule has 0 saturated carbocycles. The van der Waals surface area contributed by atoms with Crippen LogP contribution in [0.25, 0.3) is 0 Å². The summed E-state index contributed by atoms with van der Waals surface area (Å²) < 4.78 is 0. The number of thioether (sulfide) groups is 1. The smallest absolute Gasteiger partial charge is 0.304 e. The van der Waals surface area contributed by atoms with Gasteiger partial charge in [-0.25, -0.2) is 9.97 Å². The molecule has 1 aromatic rings. The Morgan fingerprint density at radius 1 is 1.33 bits per heavy atom. The number of aliphatic carboxylic acids is 1. The molecule has 1 rings (SSSR count). The van der Waals surface area contributed by atoms with Gasteiger partial charge in [0.15, 0.2) is 0 Å². The van der Waals surface area contributed by atoms with Crippen molar-refractivity contribution in [3.05, 3.63) is 17.1 Å². The predicted molar refractivity (Wildman–Crippen MR) is 59.2 cm³/mol. The predicted octanol–water partition coefficient (Wildman–Crippen LogP) is 1.97. The number of carboxylic acid groups (broad SMARTS) is 1. The highest BCUT2D eigenvalue weighted by Gasteiger charge is 2.07. The van der Waals surface area contributed by atoms with E-state index in [1.807, 2.05) is 20.8 Å². The zero-order valence-electron chi connectivity index (χ0n) is 9.07. The molecule has 0 saturated heterocycles. The first-order chi connectivity index (χ1) is 7.00. The van der Waals surface area contributed by atoms with Crippen LogP contribution in [0.5, 0.6) is 0 Å². The summed E-state index contributed by atoms with van der Waals surface area (Å²) in [6, 6.07) is 0. The van der Waals surface area contributed by atoms with Crippen molar-refractivity contribution >= 4 is 17.7 Å². The highest BCUT2D eigenvalue weighted by molar-refractivity contribution is 7.99. The molecule has 0 aliphatic carbocycles. The summed E-state index contributed by atoms with van der Waals surface area (Å²) in [6.07, 6.45) is 0.159. The number of rotatable bonds is 4. The number of hydrogen-bond donors (Lipinski definition) is 1. The Hall–Kier alpha value is -1.10. The molecule has 82 valence electrons. The van der Waals surface area contributed by atoms with Crippen LogP contribution in [0.1, 0.15) is 23.5 Å². The highest BCUT2D eigenvalue weighted by atomic mass is 32.2. The molecule has 0 amide bonds. The SMILES string of the molecule is Cc1nc(C)c(C)c(SCCC(=O)O)n1. The second-order valence-corrected chi connectivity index (χ2v) is 4.36. The Kier molecular flexibility index (Phi) is 4.08. The lowest BCUT2D eigenvalue weighted by Gasteiger charge is -2.07. The lowest BCUT2D eigenvalue weighted by atomic mass is 10.3. The Balaban J connectivity index is 2.72. The van der Waals surface area contributed by atoms with E-state index >= 15 is 0 Å². The van der Waals surface area contributed by atoms with Gasteiger partial charge in [-0.2, -0.15) is 0 Å². The fourth-order valence-electron chi connectivity index (χ4n) is 1.11. The largest absolute Gasteiger partial charge is 0.481 e. The molecule has 0 aromatic carbocycles. The molecule has 0 aliphatic heterocycles. The molecule has 1 N–H and O–H groups in total. The number of nitrogens with zero attached hydrogens (tertiary/aromatic N) is 2. The molecule has 15 heavy (non-hydrogen) atoms. The van der Waals surface area contributed by atoms with Gasteiger partial charge in [0, 0.05) is 17.0 Å². The summed E-state index contributed by atoms with van der Waals surface area (Å²) in [6.45, 7) is 5.73. The summed E-state index contributed by atoms with van der Waals surface area (Å²) in [5.41, 5.74) is 2.00. The van der Waals surface area contributed by atoms with E-state index in [1.54, 1.807) is 0 Å². The molecular weight excluding hydrogens is 212 g/mol. The Bertz CT molecular complexity index is 380. The van der Waals surface area contributed by atoms with Crippen molar-refractivity contribution in [2.75, 3.05) is 5.75 Å². The van der Waals surface area contributed by atoms with Gasteiger partial charge in [0.25, 0.3) is 0 Å². The second-order valence-electron chi connectivity index (χ2n) is 3.28. The fourth-order valence-corrected chi connectivity index (χ4v) is 2.14. The molecule has 0 fully saturated rings. The Morgan fingerprint density at radius 2 is 2.00 bits per heavy atom. The third-order valence-electron chi connectivity index (χ3n) is 2.01. The normalized spacial score (nSPS) is 10.3.